The van der Waals surface area contributed by atoms with Crippen LogP contribution < -0.4 is 10.2 Å². The molecule has 0 spiro atoms. The van der Waals surface area contributed by atoms with Crippen LogP contribution >= 0.6 is 11.6 Å². The highest BCUT2D eigenvalue weighted by atomic mass is 35.5. The van der Waals surface area contributed by atoms with E-state index in [2.05, 4.69) is 16.6 Å². The van der Waals surface area contributed by atoms with Crippen LogP contribution in [-0.4, -0.2) is 21.9 Å². The molecule has 0 aliphatic carbocycles. The van der Waals surface area contributed by atoms with Crippen LogP contribution in [0.15, 0.2) is 114 Å². The lowest BCUT2D eigenvalue weighted by Gasteiger charge is -2.07. The summed E-state index contributed by atoms with van der Waals surface area (Å²) in [6.45, 7) is 2.45. The molecule has 6 nitrogen and oxygen atoms in total. The molecule has 5 aromatic rings. The van der Waals surface area contributed by atoms with Gasteiger partial charge in [-0.15, -0.1) is 0 Å². The highest BCUT2D eigenvalue weighted by molar-refractivity contribution is 6.30. The second-order valence-corrected chi connectivity index (χ2v) is 9.16. The van der Waals surface area contributed by atoms with Gasteiger partial charge in [-0.05, 0) is 67.1 Å². The fourth-order valence-corrected chi connectivity index (χ4v) is 4.01. The van der Waals surface area contributed by atoms with E-state index in [0.717, 1.165) is 33.6 Å². The number of carbonyl (C=O) groups is 1. The van der Waals surface area contributed by atoms with Crippen molar-refractivity contribution in [3.63, 3.8) is 0 Å². The first-order chi connectivity index (χ1) is 18.5. The Morgan fingerprint density at radius 3 is 2.47 bits per heavy atom. The van der Waals surface area contributed by atoms with Gasteiger partial charge in [-0.2, -0.15) is 10.2 Å². The van der Waals surface area contributed by atoms with Crippen LogP contribution in [0.25, 0.3) is 16.9 Å². The van der Waals surface area contributed by atoms with E-state index in [1.165, 1.54) is 0 Å². The van der Waals surface area contributed by atoms with Gasteiger partial charge >= 0.3 is 0 Å². The minimum absolute atomic E-state index is 0.321. The molecule has 1 N–H and O–H groups in total. The van der Waals surface area contributed by atoms with Gasteiger partial charge < -0.3 is 4.74 Å². The van der Waals surface area contributed by atoms with Crippen LogP contribution in [0, 0.1) is 6.92 Å². The number of aryl methyl sites for hydroxylation is 1. The van der Waals surface area contributed by atoms with Crippen molar-refractivity contribution in [1.29, 1.82) is 0 Å². The summed E-state index contributed by atoms with van der Waals surface area (Å²) >= 11 is 5.92. The van der Waals surface area contributed by atoms with Gasteiger partial charge in [-0.3, -0.25) is 4.79 Å². The van der Waals surface area contributed by atoms with E-state index in [1.54, 1.807) is 30.5 Å². The van der Waals surface area contributed by atoms with Crippen molar-refractivity contribution in [3.05, 3.63) is 137 Å². The molecule has 4 aromatic carbocycles. The number of nitrogens with one attached hydrogen (secondary N) is 1. The molecule has 0 unspecified atom stereocenters. The maximum atomic E-state index is 12.7. The number of para-hydroxylation sites is 1. The van der Waals surface area contributed by atoms with E-state index < -0.39 is 0 Å². The van der Waals surface area contributed by atoms with Crippen molar-refractivity contribution in [2.75, 3.05) is 0 Å². The number of carbonyl (C=O) groups excluding carboxylic acids is 1. The van der Waals surface area contributed by atoms with Crippen molar-refractivity contribution in [3.8, 4) is 22.7 Å². The Balaban J connectivity index is 1.27. The number of hydrogen-bond acceptors (Lipinski definition) is 4. The zero-order valence-electron chi connectivity index (χ0n) is 20.7. The zero-order valence-corrected chi connectivity index (χ0v) is 21.5. The Morgan fingerprint density at radius 2 is 1.74 bits per heavy atom. The van der Waals surface area contributed by atoms with Crippen molar-refractivity contribution in [2.24, 2.45) is 5.10 Å². The molecule has 5 rings (SSSR count). The SMILES string of the molecule is Cc1cccc(-c2nn(-c3ccccc3)cc2/C=N/NC(=O)c2ccc(OCc3ccc(Cl)cc3)cc2)c1. The lowest BCUT2D eigenvalue weighted by atomic mass is 10.1. The smallest absolute Gasteiger partial charge is 0.271 e. The van der Waals surface area contributed by atoms with E-state index in [9.17, 15) is 4.79 Å². The monoisotopic (exact) mass is 520 g/mol. The molecule has 0 bridgehead atoms. The first kappa shape index (κ1) is 25.0. The van der Waals surface area contributed by atoms with E-state index in [0.29, 0.717) is 22.9 Å². The predicted octanol–water partition coefficient (Wildman–Crippen LogP) is 6.84. The normalized spacial score (nSPS) is 11.0. The van der Waals surface area contributed by atoms with Gasteiger partial charge in [0.2, 0.25) is 0 Å². The molecule has 38 heavy (non-hydrogen) atoms. The fraction of sp³-hybridized carbons (Fsp3) is 0.0645. The number of amides is 1. The van der Waals surface area contributed by atoms with Crippen molar-refractivity contribution < 1.29 is 9.53 Å². The van der Waals surface area contributed by atoms with Crippen molar-refractivity contribution in [1.82, 2.24) is 15.2 Å². The molecule has 188 valence electrons. The minimum Gasteiger partial charge on any atom is -0.489 e. The first-order valence-corrected chi connectivity index (χ1v) is 12.5. The third-order valence-corrected chi connectivity index (χ3v) is 6.11. The second kappa shape index (κ2) is 11.6. The summed E-state index contributed by atoms with van der Waals surface area (Å²) in [6, 6.07) is 32.4. The Bertz CT molecular complexity index is 1560. The lowest BCUT2D eigenvalue weighted by molar-refractivity contribution is 0.0955. The summed E-state index contributed by atoms with van der Waals surface area (Å²) < 4.78 is 7.60. The van der Waals surface area contributed by atoms with Crippen LogP contribution in [0.5, 0.6) is 5.75 Å². The lowest BCUT2D eigenvalue weighted by Crippen LogP contribution is -2.17. The van der Waals surface area contributed by atoms with Gasteiger partial charge in [-0.1, -0.05) is 65.7 Å². The van der Waals surface area contributed by atoms with Crippen LogP contribution in [0.2, 0.25) is 5.02 Å². The Kier molecular flexibility index (Phi) is 7.62. The average Bonchev–Trinajstić information content (AvgIpc) is 3.38. The summed E-state index contributed by atoms with van der Waals surface area (Å²) in [6.07, 6.45) is 3.51. The van der Waals surface area contributed by atoms with Gasteiger partial charge in [0.05, 0.1) is 11.9 Å². The maximum Gasteiger partial charge on any atom is 0.271 e. The number of benzene rings is 4. The van der Waals surface area contributed by atoms with Crippen molar-refractivity contribution in [2.45, 2.75) is 13.5 Å². The number of aromatic nitrogens is 2. The van der Waals surface area contributed by atoms with E-state index in [-0.39, 0.29) is 5.91 Å². The van der Waals surface area contributed by atoms with Crippen molar-refractivity contribution >= 4 is 23.7 Å². The second-order valence-electron chi connectivity index (χ2n) is 8.72. The molecule has 0 atom stereocenters. The number of halogens is 1. The summed E-state index contributed by atoms with van der Waals surface area (Å²) in [5, 5.41) is 9.70. The van der Waals surface area contributed by atoms with Gasteiger partial charge in [0.1, 0.15) is 18.1 Å². The van der Waals surface area contributed by atoms with Gasteiger partial charge in [0, 0.05) is 27.9 Å². The molecular weight excluding hydrogens is 496 g/mol. The van der Waals surface area contributed by atoms with E-state index in [1.807, 2.05) is 90.6 Å². The third-order valence-electron chi connectivity index (χ3n) is 5.86. The summed E-state index contributed by atoms with van der Waals surface area (Å²) in [4.78, 5) is 12.7. The Labute approximate surface area is 226 Å². The standard InChI is InChI=1S/C31H25ClN4O2/c1-22-6-5-7-25(18-22)30-26(20-36(35-30)28-8-3-2-4-9-28)19-33-34-31(37)24-12-16-29(17-13-24)38-21-23-10-14-27(32)15-11-23/h2-20H,21H2,1H3,(H,34,37)/b33-19+. The predicted molar refractivity (Wildman–Crippen MR) is 151 cm³/mol. The molecule has 0 fully saturated rings. The molecule has 0 aliphatic rings. The fourth-order valence-electron chi connectivity index (χ4n) is 3.89. The number of ether oxygens (including phenoxy) is 1. The van der Waals surface area contributed by atoms with Gasteiger partial charge in [0.15, 0.2) is 0 Å². The number of rotatable bonds is 8. The molecule has 1 aromatic heterocycles. The molecule has 1 amide bonds. The van der Waals surface area contributed by atoms with Crippen LogP contribution in [-0.2, 0) is 6.61 Å². The van der Waals surface area contributed by atoms with Crippen LogP contribution in [0.3, 0.4) is 0 Å². The molecule has 1 heterocycles. The molecule has 0 saturated carbocycles. The number of hydrogen-bond donors (Lipinski definition) is 1. The van der Waals surface area contributed by atoms with Crippen LogP contribution in [0.1, 0.15) is 27.0 Å². The van der Waals surface area contributed by atoms with Gasteiger partial charge in [0.25, 0.3) is 5.91 Å². The third kappa shape index (κ3) is 6.17. The number of nitrogens with zero attached hydrogens (tertiary/aromatic N) is 3. The highest BCUT2D eigenvalue weighted by Gasteiger charge is 2.12. The summed E-state index contributed by atoms with van der Waals surface area (Å²) in [5.41, 5.74) is 8.69. The number of hydrazone groups is 1. The molecule has 0 aliphatic heterocycles. The van der Waals surface area contributed by atoms with E-state index >= 15 is 0 Å². The van der Waals surface area contributed by atoms with Gasteiger partial charge in [-0.25, -0.2) is 10.1 Å². The average molecular weight is 521 g/mol. The first-order valence-electron chi connectivity index (χ1n) is 12.1. The van der Waals surface area contributed by atoms with Crippen LogP contribution in [0.4, 0.5) is 0 Å². The Morgan fingerprint density at radius 1 is 0.974 bits per heavy atom. The molecule has 0 radical (unpaired) electrons. The molecular formula is C31H25ClN4O2. The quantitative estimate of drug-likeness (QED) is 0.180. The Hall–Kier alpha value is -4.68. The molecule has 7 heteroatoms. The zero-order chi connectivity index (χ0) is 26.3. The summed E-state index contributed by atoms with van der Waals surface area (Å²) in [7, 11) is 0. The molecule has 0 saturated heterocycles. The highest BCUT2D eigenvalue weighted by Crippen LogP contribution is 2.23. The maximum absolute atomic E-state index is 12.7. The van der Waals surface area contributed by atoms with E-state index in [4.69, 9.17) is 21.4 Å². The summed E-state index contributed by atoms with van der Waals surface area (Å²) in [5.74, 6) is 0.342. The minimum atomic E-state index is -0.321. The largest absolute Gasteiger partial charge is 0.489 e. The topological polar surface area (TPSA) is 68.5 Å².